The molecule has 0 aliphatic carbocycles. The van der Waals surface area contributed by atoms with Crippen molar-refractivity contribution in [3.8, 4) is 11.1 Å². The largest absolute Gasteiger partial charge is 1.00 e. The van der Waals surface area contributed by atoms with Crippen molar-refractivity contribution in [1.29, 1.82) is 0 Å². The number of carboxylic acids is 1. The number of hydrogen-bond acceptors (Lipinski definition) is 8. The van der Waals surface area contributed by atoms with Gasteiger partial charge in [-0.05, 0) is 102 Å². The number of aryl methyl sites for hydroxylation is 1. The molecule has 5 aromatic carbocycles. The topological polar surface area (TPSA) is 136 Å². The summed E-state index contributed by atoms with van der Waals surface area (Å²) in [6.07, 6.45) is 2.11. The van der Waals surface area contributed by atoms with Crippen molar-refractivity contribution in [2.24, 2.45) is 0 Å². The Balaban J connectivity index is 0.00000605. The summed E-state index contributed by atoms with van der Waals surface area (Å²) in [6.45, 7) is 2.83. The van der Waals surface area contributed by atoms with Crippen molar-refractivity contribution in [2.45, 2.75) is 37.4 Å². The molecule has 0 heterocycles. The Labute approximate surface area is 321 Å². The molecule has 2 amide bonds. The van der Waals surface area contributed by atoms with Crippen LogP contribution in [0.5, 0.6) is 0 Å². The van der Waals surface area contributed by atoms with Crippen molar-refractivity contribution >= 4 is 45.3 Å². The monoisotopic (exact) mass is 727 g/mol. The van der Waals surface area contributed by atoms with Crippen LogP contribution >= 0.6 is 11.8 Å². The van der Waals surface area contributed by atoms with Gasteiger partial charge in [-0.2, -0.15) is 11.8 Å². The van der Waals surface area contributed by atoms with E-state index in [1.165, 1.54) is 36.0 Å². The third-order valence-electron chi connectivity index (χ3n) is 8.33. The van der Waals surface area contributed by atoms with E-state index in [4.69, 9.17) is 0 Å². The van der Waals surface area contributed by atoms with Crippen LogP contribution in [0.4, 0.5) is 5.69 Å². The molecule has 5 aromatic rings. The number of carbonyl (C=O) groups is 3. The summed E-state index contributed by atoms with van der Waals surface area (Å²) >= 11 is 1.49. The normalized spacial score (nSPS) is 11.5. The first-order chi connectivity index (χ1) is 24.6. The third-order valence-corrected chi connectivity index (χ3v) is 10.3. The summed E-state index contributed by atoms with van der Waals surface area (Å²) in [5.41, 5.74) is 5.63. The second kappa shape index (κ2) is 18.6. The zero-order valence-corrected chi connectivity index (χ0v) is 30.9. The first kappa shape index (κ1) is 40.0. The summed E-state index contributed by atoms with van der Waals surface area (Å²) < 4.78 is 28.3. The second-order valence-corrected chi connectivity index (χ2v) is 14.6. The zero-order valence-electron chi connectivity index (χ0n) is 29.2. The minimum absolute atomic E-state index is 0. The molecule has 1 unspecified atom stereocenters. The molecule has 262 valence electrons. The number of anilines is 1. The zero-order chi connectivity index (χ0) is 36.4. The Bertz CT molecular complexity index is 2100. The maximum Gasteiger partial charge on any atom is 1.00 e. The van der Waals surface area contributed by atoms with E-state index in [9.17, 15) is 27.9 Å². The molecule has 0 aliphatic heterocycles. The minimum Gasteiger partial charge on any atom is -0.548 e. The van der Waals surface area contributed by atoms with E-state index in [0.29, 0.717) is 30.0 Å². The molecule has 0 saturated heterocycles. The van der Waals surface area contributed by atoms with Crippen LogP contribution in [-0.4, -0.2) is 44.3 Å². The second-order valence-electron chi connectivity index (χ2n) is 12.0. The molecular formula is C40H38LiN3O6S2. The quantitative estimate of drug-likeness (QED) is 0.157. The molecule has 52 heavy (non-hydrogen) atoms. The molecule has 12 heteroatoms. The first-order valence-corrected chi connectivity index (χ1v) is 19.1. The number of nitrogens with zero attached hydrogens (tertiary/aromatic N) is 1. The van der Waals surface area contributed by atoms with Gasteiger partial charge in [0, 0.05) is 29.9 Å². The number of amides is 2. The van der Waals surface area contributed by atoms with Gasteiger partial charge in [0.2, 0.25) is 0 Å². The number of nitrogens with one attached hydrogen (secondary N) is 2. The third kappa shape index (κ3) is 10.4. The van der Waals surface area contributed by atoms with Crippen LogP contribution in [0.1, 0.15) is 43.8 Å². The molecular weight excluding hydrogens is 690 g/mol. The Morgan fingerprint density at radius 1 is 0.750 bits per heavy atom. The maximum absolute atomic E-state index is 13.6. The standard InChI is InChI=1S/C40H39N3O6S2.Li/c1-28-11-9-10-16-34(28)36-25-30(17-22-35(36)39(45)41-37(40(46)47)23-24-50-2)27-43(26-29-12-5-3-6-13-29)32-18-20-33(21-19-32)51(48,49)42-38(44)31-14-7-4-8-15-31;/h3-22,25,37H,23-24,26-27H2,1-2H3,(H,41,45)(H,42,44)(H,46,47);/q;+1/p-1. The van der Waals surface area contributed by atoms with Crippen LogP contribution in [-0.2, 0) is 27.9 Å². The molecule has 0 saturated carbocycles. The predicted octanol–water partition coefficient (Wildman–Crippen LogP) is 2.59. The number of carbonyl (C=O) groups excluding carboxylic acids is 3. The molecule has 0 radical (unpaired) electrons. The number of benzene rings is 5. The van der Waals surface area contributed by atoms with Crippen LogP contribution in [0.15, 0.2) is 132 Å². The van der Waals surface area contributed by atoms with E-state index < -0.39 is 33.8 Å². The Hall–Kier alpha value is -4.79. The van der Waals surface area contributed by atoms with Gasteiger partial charge in [0.25, 0.3) is 21.8 Å². The average molecular weight is 728 g/mol. The molecule has 5 rings (SSSR count). The fourth-order valence-electron chi connectivity index (χ4n) is 5.63. The van der Waals surface area contributed by atoms with Gasteiger partial charge in [0.05, 0.1) is 16.9 Å². The molecule has 1 atom stereocenters. The summed E-state index contributed by atoms with van der Waals surface area (Å²) in [7, 11) is -4.14. The summed E-state index contributed by atoms with van der Waals surface area (Å²) in [4.78, 5) is 40.1. The maximum atomic E-state index is 13.6. The molecule has 0 fully saturated rings. The molecule has 0 aromatic heterocycles. The van der Waals surface area contributed by atoms with Gasteiger partial charge in [-0.25, -0.2) is 13.1 Å². The van der Waals surface area contributed by atoms with E-state index in [-0.39, 0.29) is 35.7 Å². The van der Waals surface area contributed by atoms with E-state index >= 15 is 0 Å². The molecule has 2 N–H and O–H groups in total. The average Bonchev–Trinajstić information content (AvgIpc) is 3.13. The summed E-state index contributed by atoms with van der Waals surface area (Å²) in [5, 5.41) is 14.5. The Morgan fingerprint density at radius 3 is 2.00 bits per heavy atom. The van der Waals surface area contributed by atoms with Crippen molar-refractivity contribution in [2.75, 3.05) is 16.9 Å². The first-order valence-electron chi connectivity index (χ1n) is 16.3. The van der Waals surface area contributed by atoms with Crippen LogP contribution in [0, 0.1) is 6.92 Å². The van der Waals surface area contributed by atoms with Gasteiger partial charge < -0.3 is 20.1 Å². The predicted molar refractivity (Wildman–Crippen MR) is 200 cm³/mol. The van der Waals surface area contributed by atoms with Crippen LogP contribution in [0.25, 0.3) is 11.1 Å². The Morgan fingerprint density at radius 2 is 1.37 bits per heavy atom. The number of hydrogen-bond donors (Lipinski definition) is 2. The fraction of sp³-hybridized carbons (Fsp3) is 0.175. The number of sulfonamides is 1. The van der Waals surface area contributed by atoms with E-state index in [2.05, 4.69) is 14.9 Å². The molecule has 9 nitrogen and oxygen atoms in total. The SMILES string of the molecule is CSCCC(NC(=O)c1ccc(CN(Cc2ccccc2)c2ccc(S(=O)(=O)NC(=O)c3ccccc3)cc2)cc1-c1ccccc1C)C(=O)[O-].[Li+]. The number of aliphatic carboxylic acids is 1. The molecule has 0 bridgehead atoms. The van der Waals surface area contributed by atoms with Gasteiger partial charge in [-0.1, -0.05) is 78.9 Å². The summed E-state index contributed by atoms with van der Waals surface area (Å²) in [5.74, 6) is -2.01. The van der Waals surface area contributed by atoms with E-state index in [0.717, 1.165) is 27.9 Å². The van der Waals surface area contributed by atoms with Gasteiger partial charge in [0.15, 0.2) is 0 Å². The van der Waals surface area contributed by atoms with Gasteiger partial charge >= 0.3 is 18.9 Å². The van der Waals surface area contributed by atoms with Gasteiger partial charge in [-0.3, -0.25) is 9.59 Å². The molecule has 0 aliphatic rings. The number of thioether (sulfide) groups is 1. The smallest absolute Gasteiger partial charge is 0.548 e. The van der Waals surface area contributed by atoms with Crippen molar-refractivity contribution in [1.82, 2.24) is 10.0 Å². The van der Waals surface area contributed by atoms with Gasteiger partial charge in [-0.15, -0.1) is 0 Å². The van der Waals surface area contributed by atoms with Crippen LogP contribution in [0.3, 0.4) is 0 Å². The van der Waals surface area contributed by atoms with Crippen molar-refractivity contribution < 1.29 is 46.8 Å². The summed E-state index contributed by atoms with van der Waals surface area (Å²) in [6, 6.07) is 36.3. The molecule has 0 spiro atoms. The van der Waals surface area contributed by atoms with Crippen LogP contribution in [0.2, 0.25) is 0 Å². The van der Waals surface area contributed by atoms with Crippen molar-refractivity contribution in [3.63, 3.8) is 0 Å². The van der Waals surface area contributed by atoms with Crippen LogP contribution < -0.4 is 38.9 Å². The van der Waals surface area contributed by atoms with Gasteiger partial charge in [0.1, 0.15) is 0 Å². The Kier molecular flexibility index (Phi) is 14.3. The van der Waals surface area contributed by atoms with Crippen molar-refractivity contribution in [3.05, 3.63) is 155 Å². The minimum atomic E-state index is -4.14. The number of rotatable bonds is 15. The number of carboxylic acid groups (broad SMARTS) is 1. The fourth-order valence-corrected chi connectivity index (χ4v) is 7.08. The van der Waals surface area contributed by atoms with E-state index in [1.807, 2.05) is 79.9 Å². The van der Waals surface area contributed by atoms with E-state index in [1.54, 1.807) is 36.4 Å².